The van der Waals surface area contributed by atoms with E-state index < -0.39 is 0 Å². The van der Waals surface area contributed by atoms with Crippen LogP contribution in [0.3, 0.4) is 0 Å². The lowest BCUT2D eigenvalue weighted by Gasteiger charge is -2.19. The Morgan fingerprint density at radius 2 is 1.87 bits per heavy atom. The SMILES string of the molecule is CC(=O)c1ccc2c(c1)CCCC(c1ccc(Cl)cc1O)=C2c1ccc(OC2CCN(CCCF)C2)cc1. The fourth-order valence-corrected chi connectivity index (χ4v) is 5.80. The van der Waals surface area contributed by atoms with Gasteiger partial charge in [-0.2, -0.15) is 0 Å². The van der Waals surface area contributed by atoms with Crippen molar-refractivity contribution in [2.75, 3.05) is 26.3 Å². The quantitative estimate of drug-likeness (QED) is 0.307. The van der Waals surface area contributed by atoms with Gasteiger partial charge in [0, 0.05) is 35.8 Å². The summed E-state index contributed by atoms with van der Waals surface area (Å²) < 4.78 is 18.8. The van der Waals surface area contributed by atoms with Crippen LogP contribution in [0, 0.1) is 0 Å². The van der Waals surface area contributed by atoms with E-state index in [1.54, 1.807) is 19.1 Å². The number of hydrogen-bond donors (Lipinski definition) is 1. The molecule has 1 fully saturated rings. The van der Waals surface area contributed by atoms with E-state index >= 15 is 0 Å². The second-order valence-electron chi connectivity index (χ2n) is 10.2. The van der Waals surface area contributed by atoms with Crippen LogP contribution in [0.4, 0.5) is 4.39 Å². The van der Waals surface area contributed by atoms with Gasteiger partial charge in [0.15, 0.2) is 5.78 Å². The van der Waals surface area contributed by atoms with Crippen LogP contribution in [0.2, 0.25) is 5.02 Å². The molecule has 0 radical (unpaired) electrons. The zero-order valence-corrected chi connectivity index (χ0v) is 22.4. The van der Waals surface area contributed by atoms with Crippen LogP contribution < -0.4 is 4.74 Å². The number of Topliss-reactive ketones (excluding diaryl/α,β-unsaturated/α-hetero) is 1. The Kier molecular flexibility index (Phi) is 8.15. The molecule has 0 spiro atoms. The first-order valence-corrected chi connectivity index (χ1v) is 13.7. The summed E-state index contributed by atoms with van der Waals surface area (Å²) in [4.78, 5) is 14.3. The molecule has 0 saturated carbocycles. The molecule has 3 aromatic rings. The summed E-state index contributed by atoms with van der Waals surface area (Å²) in [5.41, 5.74) is 6.82. The van der Waals surface area contributed by atoms with E-state index in [1.165, 1.54) is 0 Å². The molecule has 1 saturated heterocycles. The molecule has 0 aromatic heterocycles. The van der Waals surface area contributed by atoms with Crippen molar-refractivity contribution in [2.45, 2.75) is 45.1 Å². The largest absolute Gasteiger partial charge is 0.507 e. The third-order valence-corrected chi connectivity index (χ3v) is 7.76. The van der Waals surface area contributed by atoms with Gasteiger partial charge in [-0.05, 0) is 103 Å². The smallest absolute Gasteiger partial charge is 0.159 e. The number of aromatic hydroxyl groups is 1. The van der Waals surface area contributed by atoms with E-state index in [0.717, 1.165) is 84.5 Å². The van der Waals surface area contributed by atoms with Gasteiger partial charge in [0.1, 0.15) is 17.6 Å². The van der Waals surface area contributed by atoms with Crippen molar-refractivity contribution in [3.8, 4) is 11.5 Å². The molecular weight excluding hydrogens is 501 g/mol. The highest BCUT2D eigenvalue weighted by molar-refractivity contribution is 6.30. The third-order valence-electron chi connectivity index (χ3n) is 7.52. The molecule has 1 heterocycles. The van der Waals surface area contributed by atoms with Gasteiger partial charge in [0.05, 0.1) is 6.67 Å². The van der Waals surface area contributed by atoms with E-state index in [4.69, 9.17) is 16.3 Å². The summed E-state index contributed by atoms with van der Waals surface area (Å²) in [6.07, 6.45) is 4.13. The number of phenols is 1. The van der Waals surface area contributed by atoms with E-state index in [1.807, 2.05) is 36.4 Å². The van der Waals surface area contributed by atoms with Gasteiger partial charge in [0.25, 0.3) is 0 Å². The minimum absolute atomic E-state index is 0.0508. The van der Waals surface area contributed by atoms with Gasteiger partial charge in [0.2, 0.25) is 0 Å². The van der Waals surface area contributed by atoms with Crippen LogP contribution >= 0.6 is 11.6 Å². The standard InChI is InChI=1S/C32H33ClFNO3/c1-21(36)23-8-12-28-24(18-23)4-2-5-30(29-13-9-25(33)19-31(29)37)32(28)22-6-10-26(11-7-22)38-27-14-17-35(20-27)16-3-15-34/h6-13,18-19,27,37H,2-5,14-17,20H2,1H3. The summed E-state index contributed by atoms with van der Waals surface area (Å²) in [5.74, 6) is 1.02. The maximum Gasteiger partial charge on any atom is 0.159 e. The number of halogens is 2. The topological polar surface area (TPSA) is 49.8 Å². The van der Waals surface area contributed by atoms with Crippen molar-refractivity contribution in [1.82, 2.24) is 4.90 Å². The first kappa shape index (κ1) is 26.5. The monoisotopic (exact) mass is 533 g/mol. The Bertz CT molecular complexity index is 1350. The number of fused-ring (bicyclic) bond motifs is 1. The Labute approximate surface area is 228 Å². The predicted molar refractivity (Wildman–Crippen MR) is 151 cm³/mol. The highest BCUT2D eigenvalue weighted by Gasteiger charge is 2.25. The second-order valence-corrected chi connectivity index (χ2v) is 10.6. The van der Waals surface area contributed by atoms with Crippen LogP contribution in [-0.2, 0) is 6.42 Å². The Balaban J connectivity index is 1.51. The highest BCUT2D eigenvalue weighted by Crippen LogP contribution is 2.43. The lowest BCUT2D eigenvalue weighted by molar-refractivity contribution is 0.101. The minimum Gasteiger partial charge on any atom is -0.507 e. The number of phenolic OH excluding ortho intramolecular Hbond substituents is 1. The van der Waals surface area contributed by atoms with Crippen LogP contribution in [0.1, 0.15) is 65.2 Å². The van der Waals surface area contributed by atoms with Crippen molar-refractivity contribution in [1.29, 1.82) is 0 Å². The molecule has 4 nitrogen and oxygen atoms in total. The molecule has 0 amide bonds. The van der Waals surface area contributed by atoms with Crippen molar-refractivity contribution in [2.24, 2.45) is 0 Å². The molecule has 0 bridgehead atoms. The third kappa shape index (κ3) is 5.79. The molecule has 1 aliphatic heterocycles. The molecule has 38 heavy (non-hydrogen) atoms. The number of carbonyl (C=O) groups excluding carboxylic acids is 1. The number of allylic oxidation sites excluding steroid dienone is 1. The summed E-state index contributed by atoms with van der Waals surface area (Å²) in [6.45, 7) is 3.83. The van der Waals surface area contributed by atoms with E-state index in [2.05, 4.69) is 17.0 Å². The van der Waals surface area contributed by atoms with Gasteiger partial charge in [-0.1, -0.05) is 35.9 Å². The number of nitrogens with zero attached hydrogens (tertiary/aromatic N) is 1. The fraction of sp³-hybridized carbons (Fsp3) is 0.344. The molecule has 1 N–H and O–H groups in total. The van der Waals surface area contributed by atoms with Gasteiger partial charge < -0.3 is 9.84 Å². The average Bonchev–Trinajstić information content (AvgIpc) is 3.26. The number of benzene rings is 3. The molecule has 1 aliphatic carbocycles. The van der Waals surface area contributed by atoms with Crippen molar-refractivity contribution in [3.63, 3.8) is 0 Å². The highest BCUT2D eigenvalue weighted by atomic mass is 35.5. The van der Waals surface area contributed by atoms with Crippen LogP contribution in [0.5, 0.6) is 11.5 Å². The van der Waals surface area contributed by atoms with Gasteiger partial charge in [-0.3, -0.25) is 14.1 Å². The zero-order chi connectivity index (χ0) is 26.6. The van der Waals surface area contributed by atoms with E-state index in [-0.39, 0.29) is 24.3 Å². The zero-order valence-electron chi connectivity index (χ0n) is 21.7. The normalized spacial score (nSPS) is 17.8. The number of rotatable bonds is 8. The Hall–Kier alpha value is -3.15. The number of alkyl halides is 1. The lowest BCUT2D eigenvalue weighted by atomic mass is 9.87. The molecule has 1 atom stereocenters. The van der Waals surface area contributed by atoms with Crippen LogP contribution in [0.25, 0.3) is 11.1 Å². The molecule has 198 valence electrons. The predicted octanol–water partition coefficient (Wildman–Crippen LogP) is 7.36. The molecule has 3 aromatic carbocycles. The molecule has 6 heteroatoms. The number of likely N-dealkylation sites (tertiary alicyclic amines) is 1. The van der Waals surface area contributed by atoms with Gasteiger partial charge >= 0.3 is 0 Å². The fourth-order valence-electron chi connectivity index (χ4n) is 5.64. The number of aryl methyl sites for hydroxylation is 1. The summed E-state index contributed by atoms with van der Waals surface area (Å²) in [7, 11) is 0. The molecular formula is C32H33ClFNO3. The van der Waals surface area contributed by atoms with Gasteiger partial charge in [-0.25, -0.2) is 0 Å². The maximum atomic E-state index is 12.5. The van der Waals surface area contributed by atoms with E-state index in [9.17, 15) is 14.3 Å². The lowest BCUT2D eigenvalue weighted by Crippen LogP contribution is -2.26. The number of ether oxygens (including phenoxy) is 1. The van der Waals surface area contributed by atoms with Crippen LogP contribution in [-0.4, -0.2) is 48.2 Å². The maximum absolute atomic E-state index is 12.5. The number of carbonyl (C=O) groups is 1. The van der Waals surface area contributed by atoms with E-state index in [0.29, 0.717) is 17.0 Å². The summed E-state index contributed by atoms with van der Waals surface area (Å²) in [5, 5.41) is 11.3. The molecule has 5 rings (SSSR count). The Morgan fingerprint density at radius 3 is 2.61 bits per heavy atom. The summed E-state index contributed by atoms with van der Waals surface area (Å²) >= 11 is 6.15. The molecule has 1 unspecified atom stereocenters. The second kappa shape index (κ2) is 11.7. The Morgan fingerprint density at radius 1 is 1.08 bits per heavy atom. The van der Waals surface area contributed by atoms with Crippen LogP contribution in [0.15, 0.2) is 60.7 Å². The first-order chi connectivity index (χ1) is 18.4. The molecule has 2 aliphatic rings. The first-order valence-electron chi connectivity index (χ1n) is 13.3. The average molecular weight is 534 g/mol. The van der Waals surface area contributed by atoms with Crippen molar-refractivity contribution in [3.05, 3.63) is 93.5 Å². The number of hydrogen-bond acceptors (Lipinski definition) is 4. The van der Waals surface area contributed by atoms with Crippen molar-refractivity contribution < 1.29 is 19.0 Å². The van der Waals surface area contributed by atoms with Gasteiger partial charge in [-0.15, -0.1) is 0 Å². The van der Waals surface area contributed by atoms with Crippen molar-refractivity contribution >= 4 is 28.5 Å². The number of ketones is 1. The summed E-state index contributed by atoms with van der Waals surface area (Å²) in [6, 6.07) is 19.3. The minimum atomic E-state index is -0.283.